The summed E-state index contributed by atoms with van der Waals surface area (Å²) in [4.78, 5) is 59.5. The molecule has 6 atom stereocenters. The predicted octanol–water partition coefficient (Wildman–Crippen LogP) is 1.73. The number of carbonyl (C=O) groups excluding carboxylic acids is 4. The van der Waals surface area contributed by atoms with Crippen LogP contribution in [0.1, 0.15) is 69.4 Å². The highest BCUT2D eigenvalue weighted by atomic mass is 16.6. The van der Waals surface area contributed by atoms with Crippen LogP contribution in [0.2, 0.25) is 0 Å². The number of hydrogen-bond acceptors (Lipinski definition) is 9. The normalized spacial score (nSPS) is 26.8. The van der Waals surface area contributed by atoms with Crippen LogP contribution < -0.4 is 31.6 Å². The molecule has 0 saturated carbocycles. The van der Waals surface area contributed by atoms with E-state index in [1.807, 2.05) is 12.1 Å². The first kappa shape index (κ1) is 35.5. The second-order valence-corrected chi connectivity index (χ2v) is 14.4. The van der Waals surface area contributed by atoms with Crippen LogP contribution in [0.4, 0.5) is 4.79 Å². The molecule has 2 saturated heterocycles. The Kier molecular flexibility index (Phi) is 10.6. The fourth-order valence-corrected chi connectivity index (χ4v) is 8.98. The van der Waals surface area contributed by atoms with Gasteiger partial charge in [0, 0.05) is 55.9 Å². The Morgan fingerprint density at radius 2 is 1.98 bits per heavy atom. The average molecular weight is 694 g/mol. The summed E-state index contributed by atoms with van der Waals surface area (Å²) in [6, 6.07) is 4.25. The Labute approximate surface area is 293 Å². The molecule has 272 valence electrons. The van der Waals surface area contributed by atoms with E-state index in [2.05, 4.69) is 33.6 Å². The van der Waals surface area contributed by atoms with Crippen LogP contribution in [0.5, 0.6) is 11.5 Å². The zero-order valence-corrected chi connectivity index (χ0v) is 29.4. The number of rotatable bonds is 13. The highest BCUT2D eigenvalue weighted by Crippen LogP contribution is 2.63. The van der Waals surface area contributed by atoms with Crippen molar-refractivity contribution in [3.8, 4) is 11.5 Å². The largest absolute Gasteiger partial charge is 0.493 e. The second-order valence-electron chi connectivity index (χ2n) is 14.4. The first-order valence-corrected chi connectivity index (χ1v) is 17.9. The standard InChI is InChI=1S/C36H51N7O7/c1-21(44)40-20-25(45)17-23(7-6-14-39-34(37)38)33(46)41-19-24-8-4-5-15-43(24)35(47)49-29-12-10-26-27-18-22-9-11-28(48-3)31-30(22)36(26,32(29)50-31)13-16-42(27)2/h9,11-12,23-24,26-27,32H,4-8,10,13-20H2,1-3H3,(H,40,44)(H,41,46)(H4,37,38,39)/t23-,24-,26+,27-,32+,36+/m1/s1. The van der Waals surface area contributed by atoms with Gasteiger partial charge in [0.05, 0.1) is 19.7 Å². The van der Waals surface area contributed by atoms with Crippen LogP contribution in [-0.2, 0) is 31.0 Å². The summed E-state index contributed by atoms with van der Waals surface area (Å²) >= 11 is 0. The number of piperidine rings is 2. The lowest BCUT2D eigenvalue weighted by Crippen LogP contribution is -2.63. The summed E-state index contributed by atoms with van der Waals surface area (Å²) in [5, 5.41) is 5.50. The number of amides is 3. The number of nitrogens with zero attached hydrogens (tertiary/aromatic N) is 3. The number of hydrogen-bond donors (Lipinski definition) is 4. The average Bonchev–Trinajstić information content (AvgIpc) is 3.45. The van der Waals surface area contributed by atoms with Gasteiger partial charge in [-0.1, -0.05) is 6.07 Å². The van der Waals surface area contributed by atoms with Crippen LogP contribution in [0.15, 0.2) is 29.0 Å². The molecule has 1 aromatic rings. The van der Waals surface area contributed by atoms with E-state index >= 15 is 0 Å². The molecule has 14 nitrogen and oxygen atoms in total. The predicted molar refractivity (Wildman–Crippen MR) is 186 cm³/mol. The van der Waals surface area contributed by atoms with Crippen molar-refractivity contribution in [2.45, 2.75) is 88.3 Å². The van der Waals surface area contributed by atoms with Crippen LogP contribution in [0, 0.1) is 11.8 Å². The molecule has 0 radical (unpaired) electrons. The molecule has 5 aliphatic rings. The monoisotopic (exact) mass is 693 g/mol. The molecule has 2 bridgehead atoms. The molecule has 1 aromatic carbocycles. The van der Waals surface area contributed by atoms with Crippen LogP contribution >= 0.6 is 0 Å². The van der Waals surface area contributed by atoms with E-state index in [-0.39, 0.29) is 54.5 Å². The molecule has 1 spiro atoms. The highest BCUT2D eigenvalue weighted by molar-refractivity contribution is 5.89. The van der Waals surface area contributed by atoms with Gasteiger partial charge in [0.1, 0.15) is 5.76 Å². The van der Waals surface area contributed by atoms with Gasteiger partial charge in [0.15, 0.2) is 29.3 Å². The van der Waals surface area contributed by atoms with Crippen molar-refractivity contribution in [1.29, 1.82) is 0 Å². The van der Waals surface area contributed by atoms with E-state index in [0.717, 1.165) is 44.4 Å². The number of likely N-dealkylation sites (tertiary alicyclic amines) is 2. The number of methoxy groups -OCH3 is 1. The molecule has 6 N–H and O–H groups in total. The minimum atomic E-state index is -0.633. The summed E-state index contributed by atoms with van der Waals surface area (Å²) in [7, 11) is 3.86. The number of aliphatic imine (C=N–C) groups is 1. The molecule has 2 aliphatic carbocycles. The smallest absolute Gasteiger partial charge is 0.415 e. The molecule has 3 heterocycles. The van der Waals surface area contributed by atoms with Gasteiger partial charge < -0.3 is 46.1 Å². The molecule has 6 rings (SSSR count). The Bertz CT molecular complexity index is 1560. The fraction of sp³-hybridized carbons (Fsp3) is 0.639. The number of nitrogens with two attached hydrogens (primary N) is 2. The first-order valence-electron chi connectivity index (χ1n) is 17.9. The summed E-state index contributed by atoms with van der Waals surface area (Å²) < 4.78 is 18.8. The zero-order chi connectivity index (χ0) is 35.6. The third-order valence-electron chi connectivity index (χ3n) is 11.4. The minimum Gasteiger partial charge on any atom is -0.493 e. The number of Topliss-reactive ketones (excluding diaryl/α,β-unsaturated/α-hetero) is 1. The number of ether oxygens (including phenoxy) is 3. The van der Waals surface area contributed by atoms with Crippen LogP contribution in [0.3, 0.4) is 0 Å². The zero-order valence-electron chi connectivity index (χ0n) is 29.4. The molecule has 0 unspecified atom stereocenters. The maximum atomic E-state index is 14.0. The lowest BCUT2D eigenvalue weighted by Gasteiger charge is -2.56. The number of carbonyl (C=O) groups is 4. The molecule has 0 aromatic heterocycles. The van der Waals surface area contributed by atoms with E-state index in [1.165, 1.54) is 18.1 Å². The van der Waals surface area contributed by atoms with E-state index in [0.29, 0.717) is 55.8 Å². The van der Waals surface area contributed by atoms with E-state index in [1.54, 1.807) is 12.0 Å². The molecule has 2 fully saturated rings. The van der Waals surface area contributed by atoms with Gasteiger partial charge in [-0.3, -0.25) is 19.4 Å². The third-order valence-corrected chi connectivity index (χ3v) is 11.4. The van der Waals surface area contributed by atoms with Crippen molar-refractivity contribution in [1.82, 2.24) is 20.4 Å². The molecular weight excluding hydrogens is 642 g/mol. The molecule has 50 heavy (non-hydrogen) atoms. The Hall–Kier alpha value is -4.33. The van der Waals surface area contributed by atoms with Gasteiger partial charge in [-0.25, -0.2) is 4.79 Å². The number of guanidine groups is 1. The molecule has 14 heteroatoms. The number of likely N-dealkylation sites (N-methyl/N-ethyl adjacent to an activating group) is 1. The van der Waals surface area contributed by atoms with E-state index < -0.39 is 18.1 Å². The van der Waals surface area contributed by atoms with Gasteiger partial charge >= 0.3 is 6.09 Å². The van der Waals surface area contributed by atoms with Crippen LogP contribution in [0.25, 0.3) is 0 Å². The van der Waals surface area contributed by atoms with Gasteiger partial charge in [-0.2, -0.15) is 0 Å². The van der Waals surface area contributed by atoms with Crippen molar-refractivity contribution >= 4 is 29.7 Å². The number of benzene rings is 1. The van der Waals surface area contributed by atoms with Crippen molar-refractivity contribution < 1.29 is 33.4 Å². The van der Waals surface area contributed by atoms with Crippen molar-refractivity contribution in [3.63, 3.8) is 0 Å². The molecular formula is C36H51N7O7. The Morgan fingerprint density at radius 3 is 2.74 bits per heavy atom. The molecule has 3 aliphatic heterocycles. The van der Waals surface area contributed by atoms with Gasteiger partial charge in [-0.05, 0) is 88.6 Å². The SMILES string of the molecule is COc1ccc2c3c1O[C@H]1C(OC(=O)N4CCCC[C@@H]4CNC(=O)[C@H](CCCN=C(N)N)CC(=O)CNC(C)=O)=CC[C@H]4[C@@H](C2)N(C)CC[C@]314. The highest BCUT2D eigenvalue weighted by Gasteiger charge is 2.65. The van der Waals surface area contributed by atoms with Crippen molar-refractivity contribution in [2.75, 3.05) is 46.9 Å². The fourth-order valence-electron chi connectivity index (χ4n) is 8.98. The van der Waals surface area contributed by atoms with Crippen molar-refractivity contribution in [3.05, 3.63) is 35.1 Å². The van der Waals surface area contributed by atoms with Crippen LogP contribution in [-0.4, -0.2) is 105 Å². The Morgan fingerprint density at radius 1 is 1.16 bits per heavy atom. The lowest BCUT2D eigenvalue weighted by atomic mass is 9.53. The summed E-state index contributed by atoms with van der Waals surface area (Å²) in [5.41, 5.74) is 13.1. The number of ketones is 1. The van der Waals surface area contributed by atoms with E-state index in [9.17, 15) is 19.2 Å². The quantitative estimate of drug-likeness (QED) is 0.134. The maximum absolute atomic E-state index is 14.0. The minimum absolute atomic E-state index is 0.0335. The van der Waals surface area contributed by atoms with Gasteiger partial charge in [0.2, 0.25) is 11.8 Å². The third kappa shape index (κ3) is 6.86. The first-order chi connectivity index (χ1) is 24.0. The summed E-state index contributed by atoms with van der Waals surface area (Å²) in [6.45, 7) is 3.18. The topological polar surface area (TPSA) is 191 Å². The summed E-state index contributed by atoms with van der Waals surface area (Å²) in [6.07, 6.45) is 7.11. The summed E-state index contributed by atoms with van der Waals surface area (Å²) in [5.74, 6) is 0.832. The number of allylic oxidation sites excluding steroid dienone is 1. The lowest BCUT2D eigenvalue weighted by molar-refractivity contribution is -0.130. The maximum Gasteiger partial charge on any atom is 0.415 e. The Balaban J connectivity index is 1.14. The van der Waals surface area contributed by atoms with Gasteiger partial charge in [0.25, 0.3) is 0 Å². The number of nitrogens with one attached hydrogen (secondary N) is 2. The second kappa shape index (κ2) is 14.9. The molecule has 3 amide bonds. The van der Waals surface area contributed by atoms with Crippen molar-refractivity contribution in [2.24, 2.45) is 28.3 Å². The van der Waals surface area contributed by atoms with Gasteiger partial charge in [-0.15, -0.1) is 0 Å². The van der Waals surface area contributed by atoms with E-state index in [4.69, 9.17) is 25.7 Å².